The number of ether oxygens (including phenoxy) is 1. The number of carbonyl (C=O) groups excluding carboxylic acids is 1. The van der Waals surface area contributed by atoms with Gasteiger partial charge in [0.25, 0.3) is 11.8 Å². The molecule has 1 aromatic carbocycles. The average molecular weight is 736 g/mol. The van der Waals surface area contributed by atoms with Crippen LogP contribution in [0.1, 0.15) is 95.3 Å². The molecule has 3 heterocycles. The molecule has 0 aromatic heterocycles. The van der Waals surface area contributed by atoms with Crippen LogP contribution in [0.5, 0.6) is 5.75 Å². The van der Waals surface area contributed by atoms with Crippen LogP contribution < -0.4 is 14.4 Å². The number of halogens is 3. The highest BCUT2D eigenvalue weighted by Gasteiger charge is 2.56. The van der Waals surface area contributed by atoms with E-state index >= 15 is 0 Å². The highest BCUT2D eigenvalue weighted by atomic mass is 35.5. The maximum Gasteiger partial charge on any atom is 0.272 e. The van der Waals surface area contributed by atoms with Crippen molar-refractivity contribution in [2.24, 2.45) is 28.6 Å². The van der Waals surface area contributed by atoms with Gasteiger partial charge in [0.05, 0.1) is 36.2 Å². The standard InChI is InChI=1S/C38H52ClF2N3O5S/c1-25-6-4-14-37(46,16-17-43-22-38(40,41)23-43)31-10-8-28(31)20-44-21-36(13-5-7-29-19-30(39)12-15-35(29,36)3)24-49-33-11-9-27(18-32(33)44)34(45)42-50(47,48)26(25)2/h9,11-12,18-19,25-26,28,31,46H,4-8,10,13-17,20-24H2,1-3H3,(H,42,45)/t25-,26+,28-,31+,35?,36-,37-/m0/s1. The molecule has 0 radical (unpaired) electrons. The van der Waals surface area contributed by atoms with Gasteiger partial charge >= 0.3 is 0 Å². The maximum absolute atomic E-state index is 13.7. The highest BCUT2D eigenvalue weighted by molar-refractivity contribution is 7.90. The van der Waals surface area contributed by atoms with Gasteiger partial charge in [-0.15, -0.1) is 0 Å². The molecule has 276 valence electrons. The fourth-order valence-corrected chi connectivity index (χ4v) is 11.5. The summed E-state index contributed by atoms with van der Waals surface area (Å²) in [5, 5.41) is 12.4. The lowest BCUT2D eigenvalue weighted by Crippen LogP contribution is -2.59. The maximum atomic E-state index is 13.7. The van der Waals surface area contributed by atoms with Crippen LogP contribution in [0.4, 0.5) is 14.5 Å². The lowest BCUT2D eigenvalue weighted by atomic mass is 9.52. The smallest absolute Gasteiger partial charge is 0.272 e. The molecule has 7 rings (SSSR count). The molecule has 2 bridgehead atoms. The first kappa shape index (κ1) is 36.2. The number of sulfonamides is 1. The predicted molar refractivity (Wildman–Crippen MR) is 191 cm³/mol. The van der Waals surface area contributed by atoms with Crippen molar-refractivity contribution >= 4 is 33.2 Å². The summed E-state index contributed by atoms with van der Waals surface area (Å²) >= 11 is 6.53. The van der Waals surface area contributed by atoms with Gasteiger partial charge in [0.1, 0.15) is 5.75 Å². The van der Waals surface area contributed by atoms with Crippen molar-refractivity contribution < 1.29 is 31.8 Å². The quantitative estimate of drug-likeness (QED) is 0.349. The number of nitrogens with zero attached hydrogens (tertiary/aromatic N) is 2. The van der Waals surface area contributed by atoms with E-state index in [4.69, 9.17) is 16.3 Å². The Labute approximate surface area is 300 Å². The summed E-state index contributed by atoms with van der Waals surface area (Å²) < 4.78 is 63.4. The largest absolute Gasteiger partial charge is 0.491 e. The number of hydrogen-bond donors (Lipinski definition) is 2. The van der Waals surface area contributed by atoms with Crippen LogP contribution in [0, 0.1) is 28.6 Å². The summed E-state index contributed by atoms with van der Waals surface area (Å²) in [5.74, 6) is -2.83. The fraction of sp³-hybridized carbons (Fsp3) is 0.711. The summed E-state index contributed by atoms with van der Waals surface area (Å²) in [6.07, 6.45) is 11.8. The Morgan fingerprint density at radius 2 is 1.88 bits per heavy atom. The monoisotopic (exact) mass is 735 g/mol. The molecule has 1 spiro atoms. The number of anilines is 1. The van der Waals surface area contributed by atoms with E-state index in [1.807, 2.05) is 6.92 Å². The number of aliphatic hydroxyl groups is 1. The SMILES string of the molecule is C[C@@H]1[C@@H](C)CCC[C@](O)(CCN2CC(F)(F)C2)[C@@H]2CC[C@H]2CN2C[C@@]3(CCCC4=CC(Cl)=CCC43C)COc3ccc(cc32)C(=O)NS1(=O)=O. The van der Waals surface area contributed by atoms with Gasteiger partial charge in [0.2, 0.25) is 10.0 Å². The van der Waals surface area contributed by atoms with Gasteiger partial charge in [-0.2, -0.15) is 0 Å². The molecule has 1 saturated heterocycles. The zero-order valence-corrected chi connectivity index (χ0v) is 31.1. The van der Waals surface area contributed by atoms with Gasteiger partial charge in [-0.25, -0.2) is 21.9 Å². The first-order chi connectivity index (χ1) is 23.5. The van der Waals surface area contributed by atoms with Crippen LogP contribution >= 0.6 is 11.6 Å². The van der Waals surface area contributed by atoms with Gasteiger partial charge in [-0.1, -0.05) is 43.5 Å². The van der Waals surface area contributed by atoms with Crippen molar-refractivity contribution in [1.82, 2.24) is 9.62 Å². The molecule has 7 atom stereocenters. The molecule has 3 aliphatic heterocycles. The summed E-state index contributed by atoms with van der Waals surface area (Å²) in [7, 11) is -4.00. The van der Waals surface area contributed by atoms with E-state index in [0.29, 0.717) is 57.7 Å². The first-order valence-corrected chi connectivity index (χ1v) is 20.4. The Morgan fingerprint density at radius 1 is 1.10 bits per heavy atom. The molecule has 3 aliphatic carbocycles. The molecule has 1 amide bonds. The molecule has 1 aromatic rings. The minimum Gasteiger partial charge on any atom is -0.491 e. The van der Waals surface area contributed by atoms with Gasteiger partial charge in [0.15, 0.2) is 0 Å². The number of rotatable bonds is 3. The van der Waals surface area contributed by atoms with Crippen LogP contribution in [0.15, 0.2) is 41.0 Å². The topological polar surface area (TPSA) is 99.2 Å². The highest BCUT2D eigenvalue weighted by Crippen LogP contribution is 2.60. The van der Waals surface area contributed by atoms with Crippen LogP contribution in [0.25, 0.3) is 0 Å². The Kier molecular flexibility index (Phi) is 9.42. The van der Waals surface area contributed by atoms with Crippen LogP contribution in [0.2, 0.25) is 0 Å². The third-order valence-corrected chi connectivity index (χ3v) is 15.9. The summed E-state index contributed by atoms with van der Waals surface area (Å²) in [4.78, 5) is 17.6. The van der Waals surface area contributed by atoms with Gasteiger partial charge in [-0.3, -0.25) is 9.69 Å². The van der Waals surface area contributed by atoms with Gasteiger partial charge < -0.3 is 14.7 Å². The van der Waals surface area contributed by atoms with Crippen molar-refractivity contribution in [3.05, 3.63) is 46.5 Å². The number of alkyl halides is 2. The fourth-order valence-electron chi connectivity index (χ4n) is 9.95. The molecule has 3 fully saturated rings. The molecular weight excluding hydrogens is 684 g/mol. The van der Waals surface area contributed by atoms with Crippen LogP contribution in [0.3, 0.4) is 0 Å². The second-order valence-corrected chi connectivity index (χ2v) is 19.2. The second-order valence-electron chi connectivity index (χ2n) is 16.7. The minimum absolute atomic E-state index is 0.0301. The Morgan fingerprint density at radius 3 is 2.60 bits per heavy atom. The average Bonchev–Trinajstić information content (AvgIpc) is 3.18. The predicted octanol–water partition coefficient (Wildman–Crippen LogP) is 6.88. The molecular formula is C38H52ClF2N3O5S. The number of amides is 1. The van der Waals surface area contributed by atoms with Crippen LogP contribution in [-0.4, -0.2) is 80.4 Å². The third-order valence-electron chi connectivity index (χ3n) is 13.7. The van der Waals surface area contributed by atoms with E-state index in [0.717, 1.165) is 49.2 Å². The molecule has 8 nitrogen and oxygen atoms in total. The Hall–Kier alpha value is -2.21. The number of carbonyl (C=O) groups is 1. The first-order valence-electron chi connectivity index (χ1n) is 18.5. The normalized spacial score (nSPS) is 38.5. The van der Waals surface area contributed by atoms with Gasteiger partial charge in [0, 0.05) is 41.1 Å². The second kappa shape index (κ2) is 13.0. The van der Waals surface area contributed by atoms with Crippen molar-refractivity contribution in [3.8, 4) is 5.75 Å². The van der Waals surface area contributed by atoms with E-state index in [9.17, 15) is 27.1 Å². The zero-order chi connectivity index (χ0) is 35.7. The number of likely N-dealkylation sites (tertiary alicyclic amines) is 1. The summed E-state index contributed by atoms with van der Waals surface area (Å²) in [6, 6.07) is 5.19. The van der Waals surface area contributed by atoms with Gasteiger partial charge in [-0.05, 0) is 107 Å². The van der Waals surface area contributed by atoms with Crippen LogP contribution in [-0.2, 0) is 10.0 Å². The lowest BCUT2D eigenvalue weighted by molar-refractivity contribution is -0.146. The number of fused-ring (bicyclic) bond motifs is 4. The van der Waals surface area contributed by atoms with E-state index in [1.54, 1.807) is 30.0 Å². The van der Waals surface area contributed by atoms with E-state index < -0.39 is 32.7 Å². The summed E-state index contributed by atoms with van der Waals surface area (Å²) in [6.45, 7) is 7.44. The lowest BCUT2D eigenvalue weighted by Gasteiger charge is -2.55. The zero-order valence-electron chi connectivity index (χ0n) is 29.5. The van der Waals surface area contributed by atoms with Crippen molar-refractivity contribution in [2.45, 2.75) is 102 Å². The van der Waals surface area contributed by atoms with Crippen molar-refractivity contribution in [1.29, 1.82) is 0 Å². The van der Waals surface area contributed by atoms with E-state index in [1.165, 1.54) is 5.57 Å². The Bertz CT molecular complexity index is 1680. The molecule has 2 N–H and O–H groups in total. The third kappa shape index (κ3) is 6.51. The minimum atomic E-state index is -4.00. The molecule has 12 heteroatoms. The van der Waals surface area contributed by atoms with Crippen molar-refractivity contribution in [2.75, 3.05) is 44.2 Å². The Balaban J connectivity index is 1.26. The molecule has 50 heavy (non-hydrogen) atoms. The number of allylic oxidation sites excluding steroid dienone is 4. The number of hydrogen-bond acceptors (Lipinski definition) is 7. The number of benzene rings is 1. The van der Waals surface area contributed by atoms with Crippen molar-refractivity contribution in [3.63, 3.8) is 0 Å². The number of nitrogens with one attached hydrogen (secondary N) is 1. The van der Waals surface area contributed by atoms with E-state index in [2.05, 4.69) is 28.7 Å². The molecule has 1 unspecified atom stereocenters. The van der Waals surface area contributed by atoms with E-state index in [-0.39, 0.29) is 47.2 Å². The molecule has 2 saturated carbocycles. The molecule has 6 aliphatic rings. The summed E-state index contributed by atoms with van der Waals surface area (Å²) in [5.41, 5.74) is 0.813.